The fourth-order valence-corrected chi connectivity index (χ4v) is 3.04. The number of ether oxygens (including phenoxy) is 2. The first-order valence-electron chi connectivity index (χ1n) is 8.21. The van der Waals surface area contributed by atoms with Gasteiger partial charge in [0.15, 0.2) is 6.61 Å². The third-order valence-corrected chi connectivity index (χ3v) is 4.77. The lowest BCUT2D eigenvalue weighted by Gasteiger charge is -2.36. The van der Waals surface area contributed by atoms with Crippen molar-refractivity contribution in [2.75, 3.05) is 44.8 Å². The summed E-state index contributed by atoms with van der Waals surface area (Å²) < 4.78 is 11.7. The fraction of sp³-hybridized carbons (Fsp3) is 0.316. The maximum absolute atomic E-state index is 12.3. The minimum Gasteiger partial charge on any atom is -0.497 e. The van der Waals surface area contributed by atoms with Crippen LogP contribution >= 0.6 is 15.9 Å². The standard InChI is InChI=1S/C19H21BrN2O3/c1-24-17-8-4-16(5-9-17)21-10-12-22(13-11-21)19(23)14-25-18-6-2-15(20)3-7-18/h2-9H,10-14H2,1H3. The van der Waals surface area contributed by atoms with Crippen molar-refractivity contribution in [2.45, 2.75) is 0 Å². The van der Waals surface area contributed by atoms with Crippen molar-refractivity contribution >= 4 is 27.5 Å². The molecular formula is C19H21BrN2O3. The molecule has 0 aliphatic carbocycles. The first-order valence-corrected chi connectivity index (χ1v) is 9.00. The first-order chi connectivity index (χ1) is 12.2. The number of hydrogen-bond donors (Lipinski definition) is 0. The minimum atomic E-state index is 0.0253. The molecule has 25 heavy (non-hydrogen) atoms. The summed E-state index contributed by atoms with van der Waals surface area (Å²) in [5, 5.41) is 0. The van der Waals surface area contributed by atoms with Crippen LogP contribution in [0.2, 0.25) is 0 Å². The van der Waals surface area contributed by atoms with Gasteiger partial charge < -0.3 is 19.3 Å². The second-order valence-electron chi connectivity index (χ2n) is 5.81. The third kappa shape index (κ3) is 4.66. The fourth-order valence-electron chi connectivity index (χ4n) is 2.77. The number of methoxy groups -OCH3 is 1. The van der Waals surface area contributed by atoms with Crippen LogP contribution in [0.4, 0.5) is 5.69 Å². The maximum Gasteiger partial charge on any atom is 0.260 e. The molecule has 1 aliphatic rings. The molecule has 6 heteroatoms. The molecule has 0 aromatic heterocycles. The number of benzene rings is 2. The Kier molecular flexibility index (Phi) is 5.81. The van der Waals surface area contributed by atoms with E-state index < -0.39 is 0 Å². The molecule has 0 N–H and O–H groups in total. The molecule has 132 valence electrons. The molecular weight excluding hydrogens is 384 g/mol. The molecule has 1 fully saturated rings. The Bertz CT molecular complexity index is 696. The van der Waals surface area contributed by atoms with Gasteiger partial charge in [0.05, 0.1) is 7.11 Å². The topological polar surface area (TPSA) is 42.0 Å². The first kappa shape index (κ1) is 17.6. The van der Waals surface area contributed by atoms with Gasteiger partial charge in [-0.15, -0.1) is 0 Å². The molecule has 3 rings (SSSR count). The highest BCUT2D eigenvalue weighted by molar-refractivity contribution is 9.10. The van der Waals surface area contributed by atoms with E-state index in [0.29, 0.717) is 18.8 Å². The zero-order chi connectivity index (χ0) is 17.6. The number of nitrogens with zero attached hydrogens (tertiary/aromatic N) is 2. The van der Waals surface area contributed by atoms with E-state index in [0.717, 1.165) is 29.0 Å². The van der Waals surface area contributed by atoms with Gasteiger partial charge in [-0.1, -0.05) is 15.9 Å². The van der Waals surface area contributed by atoms with Gasteiger partial charge in [-0.3, -0.25) is 4.79 Å². The Morgan fingerprint density at radius 2 is 1.56 bits per heavy atom. The van der Waals surface area contributed by atoms with Gasteiger partial charge in [0.25, 0.3) is 5.91 Å². The Balaban J connectivity index is 1.47. The largest absolute Gasteiger partial charge is 0.497 e. The van der Waals surface area contributed by atoms with Crippen molar-refractivity contribution in [1.29, 1.82) is 0 Å². The Hall–Kier alpha value is -2.21. The van der Waals surface area contributed by atoms with Crippen molar-refractivity contribution in [3.8, 4) is 11.5 Å². The minimum absolute atomic E-state index is 0.0253. The van der Waals surface area contributed by atoms with Gasteiger partial charge in [-0.2, -0.15) is 0 Å². The number of piperazine rings is 1. The summed E-state index contributed by atoms with van der Waals surface area (Å²) in [6.07, 6.45) is 0. The summed E-state index contributed by atoms with van der Waals surface area (Å²) in [7, 11) is 1.66. The lowest BCUT2D eigenvalue weighted by molar-refractivity contribution is -0.133. The van der Waals surface area contributed by atoms with E-state index >= 15 is 0 Å². The lowest BCUT2D eigenvalue weighted by atomic mass is 10.2. The van der Waals surface area contributed by atoms with Crippen molar-refractivity contribution in [3.63, 3.8) is 0 Å². The molecule has 0 spiro atoms. The Morgan fingerprint density at radius 1 is 0.960 bits per heavy atom. The lowest BCUT2D eigenvalue weighted by Crippen LogP contribution is -2.50. The quantitative estimate of drug-likeness (QED) is 0.767. The maximum atomic E-state index is 12.3. The normalized spacial score (nSPS) is 14.3. The molecule has 2 aromatic carbocycles. The van der Waals surface area contributed by atoms with Crippen LogP contribution in [0.25, 0.3) is 0 Å². The average molecular weight is 405 g/mol. The number of amides is 1. The molecule has 0 bridgehead atoms. The van der Waals surface area contributed by atoms with Crippen molar-refractivity contribution in [1.82, 2.24) is 4.90 Å². The van der Waals surface area contributed by atoms with Crippen LogP contribution in [0, 0.1) is 0 Å². The van der Waals surface area contributed by atoms with E-state index in [1.165, 1.54) is 0 Å². The van der Waals surface area contributed by atoms with Gasteiger partial charge in [-0.25, -0.2) is 0 Å². The summed E-state index contributed by atoms with van der Waals surface area (Å²) in [5.41, 5.74) is 1.15. The Labute approximate surface area is 156 Å². The average Bonchev–Trinajstić information content (AvgIpc) is 2.67. The highest BCUT2D eigenvalue weighted by Crippen LogP contribution is 2.21. The molecule has 0 unspecified atom stereocenters. The van der Waals surface area contributed by atoms with Gasteiger partial charge >= 0.3 is 0 Å². The van der Waals surface area contributed by atoms with E-state index in [2.05, 4.69) is 20.8 Å². The number of hydrogen-bond acceptors (Lipinski definition) is 4. The second kappa shape index (κ2) is 8.25. The zero-order valence-electron chi connectivity index (χ0n) is 14.2. The number of rotatable bonds is 5. The molecule has 1 saturated heterocycles. The monoisotopic (exact) mass is 404 g/mol. The van der Waals surface area contributed by atoms with E-state index in [9.17, 15) is 4.79 Å². The summed E-state index contributed by atoms with van der Waals surface area (Å²) in [5.74, 6) is 1.58. The molecule has 2 aromatic rings. The van der Waals surface area contributed by atoms with Gasteiger partial charge in [0.1, 0.15) is 11.5 Å². The van der Waals surface area contributed by atoms with Crippen LogP contribution in [0.3, 0.4) is 0 Å². The third-order valence-electron chi connectivity index (χ3n) is 4.25. The number of anilines is 1. The highest BCUT2D eigenvalue weighted by atomic mass is 79.9. The van der Waals surface area contributed by atoms with Crippen molar-refractivity contribution in [3.05, 3.63) is 53.0 Å². The van der Waals surface area contributed by atoms with Gasteiger partial charge in [-0.05, 0) is 48.5 Å². The van der Waals surface area contributed by atoms with Crippen LogP contribution in [-0.2, 0) is 4.79 Å². The molecule has 1 aliphatic heterocycles. The summed E-state index contributed by atoms with van der Waals surface area (Å²) in [6.45, 7) is 3.11. The van der Waals surface area contributed by atoms with E-state index in [1.54, 1.807) is 7.11 Å². The summed E-state index contributed by atoms with van der Waals surface area (Å²) >= 11 is 3.38. The smallest absolute Gasteiger partial charge is 0.260 e. The summed E-state index contributed by atoms with van der Waals surface area (Å²) in [4.78, 5) is 16.5. The predicted octanol–water partition coefficient (Wildman–Crippen LogP) is 3.19. The van der Waals surface area contributed by atoms with E-state index in [4.69, 9.17) is 9.47 Å². The molecule has 5 nitrogen and oxygen atoms in total. The van der Waals surface area contributed by atoms with Crippen LogP contribution < -0.4 is 14.4 Å². The zero-order valence-corrected chi connectivity index (χ0v) is 15.7. The number of carbonyl (C=O) groups excluding carboxylic acids is 1. The number of carbonyl (C=O) groups is 1. The van der Waals surface area contributed by atoms with Crippen LogP contribution in [0.15, 0.2) is 53.0 Å². The molecule has 0 radical (unpaired) electrons. The van der Waals surface area contributed by atoms with E-state index in [-0.39, 0.29) is 12.5 Å². The Morgan fingerprint density at radius 3 is 2.16 bits per heavy atom. The molecule has 1 heterocycles. The van der Waals surface area contributed by atoms with Crippen molar-refractivity contribution < 1.29 is 14.3 Å². The van der Waals surface area contributed by atoms with Gasteiger partial charge in [0, 0.05) is 36.3 Å². The van der Waals surface area contributed by atoms with Gasteiger partial charge in [0.2, 0.25) is 0 Å². The predicted molar refractivity (Wildman–Crippen MR) is 101 cm³/mol. The van der Waals surface area contributed by atoms with Crippen LogP contribution in [-0.4, -0.2) is 50.7 Å². The molecule has 0 atom stereocenters. The second-order valence-corrected chi connectivity index (χ2v) is 6.72. The van der Waals surface area contributed by atoms with E-state index in [1.807, 2.05) is 53.4 Å². The molecule has 1 amide bonds. The van der Waals surface area contributed by atoms with Crippen LogP contribution in [0.5, 0.6) is 11.5 Å². The van der Waals surface area contributed by atoms with Crippen LogP contribution in [0.1, 0.15) is 0 Å². The highest BCUT2D eigenvalue weighted by Gasteiger charge is 2.21. The van der Waals surface area contributed by atoms with Crippen molar-refractivity contribution in [2.24, 2.45) is 0 Å². The number of halogens is 1. The summed E-state index contributed by atoms with van der Waals surface area (Å²) in [6, 6.07) is 15.5. The molecule has 0 saturated carbocycles. The SMILES string of the molecule is COc1ccc(N2CCN(C(=O)COc3ccc(Br)cc3)CC2)cc1.